The quantitative estimate of drug-likeness (QED) is 0.782. The molecule has 1 heterocycles. The van der Waals surface area contributed by atoms with Crippen LogP contribution in [0, 0.1) is 0 Å². The summed E-state index contributed by atoms with van der Waals surface area (Å²) in [6.07, 6.45) is 0. The summed E-state index contributed by atoms with van der Waals surface area (Å²) in [6, 6.07) is 5.99. The van der Waals surface area contributed by atoms with Crippen LogP contribution in [-0.4, -0.2) is 47.6 Å². The highest BCUT2D eigenvalue weighted by Crippen LogP contribution is 2.35. The molecule has 0 radical (unpaired) electrons. The molecule has 0 unspecified atom stereocenters. The van der Waals surface area contributed by atoms with Gasteiger partial charge in [-0.15, -0.1) is 0 Å². The molecule has 2 rings (SSSR count). The molecule has 0 amide bonds. The molecule has 0 saturated carbocycles. The molecule has 0 atom stereocenters. The maximum absolute atomic E-state index is 5.48. The predicted octanol–water partition coefficient (Wildman–Crippen LogP) is 3.02. The third-order valence-corrected chi connectivity index (χ3v) is 3.83. The molecule has 0 aliphatic carbocycles. The van der Waals surface area contributed by atoms with Crippen molar-refractivity contribution in [1.82, 2.24) is 0 Å². The second-order valence-electron chi connectivity index (χ2n) is 4.84. The maximum atomic E-state index is 5.48. The second-order valence-corrected chi connectivity index (χ2v) is 4.84. The number of anilines is 1. The van der Waals surface area contributed by atoms with Gasteiger partial charge in [-0.2, -0.15) is 0 Å². The van der Waals surface area contributed by atoms with E-state index in [1.165, 1.54) is 0 Å². The summed E-state index contributed by atoms with van der Waals surface area (Å²) in [4.78, 5) is 2.26. The van der Waals surface area contributed by atoms with Crippen molar-refractivity contribution in [2.45, 2.75) is 26.6 Å². The average Bonchev–Trinajstić information content (AvgIpc) is 2.63. The van der Waals surface area contributed by atoms with Gasteiger partial charge in [0.15, 0.2) is 5.79 Å². The summed E-state index contributed by atoms with van der Waals surface area (Å²) >= 11 is 0. The van der Waals surface area contributed by atoms with Gasteiger partial charge in [0, 0.05) is 32.9 Å². The summed E-state index contributed by atoms with van der Waals surface area (Å²) in [5.41, 5.74) is 2.01. The summed E-state index contributed by atoms with van der Waals surface area (Å²) in [5.74, 6) is 0.0954. The molecule has 0 aromatic heterocycles. The fourth-order valence-corrected chi connectivity index (χ4v) is 2.34. The Morgan fingerprint density at radius 2 is 1.64 bits per heavy atom. The minimum atomic E-state index is -0.757. The molecule has 1 fully saturated rings. The summed E-state index contributed by atoms with van der Waals surface area (Å²) < 4.78 is 21.8. The zero-order valence-electron chi connectivity index (χ0n) is 14.6. The molecule has 1 aliphatic heterocycles. The number of methoxy groups -OCH3 is 3. The zero-order chi connectivity index (χ0) is 16.6. The fourth-order valence-electron chi connectivity index (χ4n) is 2.34. The third-order valence-electron chi connectivity index (χ3n) is 3.83. The van der Waals surface area contributed by atoms with Crippen LogP contribution in [0.1, 0.15) is 26.3 Å². The molecule has 1 aromatic carbocycles. The van der Waals surface area contributed by atoms with Gasteiger partial charge in [0.05, 0.1) is 26.0 Å². The van der Waals surface area contributed by atoms with Crippen LogP contribution in [0.25, 0.3) is 0 Å². The lowest BCUT2D eigenvalue weighted by atomic mass is 10.1. The van der Waals surface area contributed by atoms with Gasteiger partial charge in [-0.3, -0.25) is 0 Å². The van der Waals surface area contributed by atoms with Crippen molar-refractivity contribution in [3.05, 3.63) is 23.8 Å². The number of hydrogen-bond acceptors (Lipinski definition) is 5. The molecule has 0 bridgehead atoms. The van der Waals surface area contributed by atoms with Crippen LogP contribution in [0.2, 0.25) is 0 Å². The van der Waals surface area contributed by atoms with Gasteiger partial charge < -0.3 is 23.8 Å². The van der Waals surface area contributed by atoms with Crippen LogP contribution < -0.4 is 9.64 Å². The number of morpholine rings is 1. The van der Waals surface area contributed by atoms with Gasteiger partial charge in [-0.1, -0.05) is 13.8 Å². The monoisotopic (exact) mass is 311 g/mol. The molecule has 1 aromatic rings. The Hall–Kier alpha value is -1.30. The van der Waals surface area contributed by atoms with E-state index in [4.69, 9.17) is 18.9 Å². The van der Waals surface area contributed by atoms with Crippen LogP contribution in [-0.2, 0) is 20.0 Å². The SMILES string of the molecule is CC.COc1ccc(C(C)(OC)OC)cc1N1CCOCC1. The Morgan fingerprint density at radius 1 is 1.05 bits per heavy atom. The molecular weight excluding hydrogens is 282 g/mol. The molecular formula is C17H29NO4. The maximum Gasteiger partial charge on any atom is 0.191 e. The van der Waals surface area contributed by atoms with E-state index in [1.807, 2.05) is 32.9 Å². The molecule has 0 spiro atoms. The summed E-state index contributed by atoms with van der Waals surface area (Å²) in [6.45, 7) is 9.09. The summed E-state index contributed by atoms with van der Waals surface area (Å²) in [7, 11) is 4.97. The Morgan fingerprint density at radius 3 is 2.14 bits per heavy atom. The lowest BCUT2D eigenvalue weighted by molar-refractivity contribution is -0.201. The van der Waals surface area contributed by atoms with E-state index < -0.39 is 5.79 Å². The molecule has 22 heavy (non-hydrogen) atoms. The van der Waals surface area contributed by atoms with E-state index in [0.29, 0.717) is 0 Å². The third kappa shape index (κ3) is 4.12. The van der Waals surface area contributed by atoms with E-state index in [0.717, 1.165) is 43.3 Å². The molecule has 5 nitrogen and oxygen atoms in total. The van der Waals surface area contributed by atoms with E-state index in [9.17, 15) is 0 Å². The lowest BCUT2D eigenvalue weighted by Crippen LogP contribution is -2.37. The van der Waals surface area contributed by atoms with Crippen LogP contribution in [0.4, 0.5) is 5.69 Å². The second kappa shape index (κ2) is 8.98. The normalized spacial score (nSPS) is 15.1. The predicted molar refractivity (Wildman–Crippen MR) is 88.7 cm³/mol. The van der Waals surface area contributed by atoms with Crippen LogP contribution in [0.3, 0.4) is 0 Å². The average molecular weight is 311 g/mol. The van der Waals surface area contributed by atoms with E-state index in [-0.39, 0.29) is 0 Å². The molecule has 126 valence electrons. The highest BCUT2D eigenvalue weighted by atomic mass is 16.7. The standard InChI is InChI=1S/C15H23NO4.C2H6/c1-15(18-3,19-4)12-5-6-14(17-2)13(11-12)16-7-9-20-10-8-16;1-2/h5-6,11H,7-10H2,1-4H3;1-2H3. The van der Waals surface area contributed by atoms with Crippen molar-refractivity contribution >= 4 is 5.69 Å². The van der Waals surface area contributed by atoms with Crippen LogP contribution >= 0.6 is 0 Å². The highest BCUT2D eigenvalue weighted by molar-refractivity contribution is 5.61. The number of benzene rings is 1. The van der Waals surface area contributed by atoms with Crippen molar-refractivity contribution < 1.29 is 18.9 Å². The van der Waals surface area contributed by atoms with E-state index in [1.54, 1.807) is 21.3 Å². The Kier molecular flexibility index (Phi) is 7.65. The Bertz CT molecular complexity index is 440. The van der Waals surface area contributed by atoms with Gasteiger partial charge in [0.25, 0.3) is 0 Å². The van der Waals surface area contributed by atoms with Crippen molar-refractivity contribution in [3.8, 4) is 5.75 Å². The first-order valence-corrected chi connectivity index (χ1v) is 7.76. The zero-order valence-corrected chi connectivity index (χ0v) is 14.6. The fraction of sp³-hybridized carbons (Fsp3) is 0.647. The summed E-state index contributed by atoms with van der Waals surface area (Å²) in [5, 5.41) is 0. The molecule has 1 aliphatic rings. The molecule has 1 saturated heterocycles. The first-order chi connectivity index (χ1) is 10.6. The van der Waals surface area contributed by atoms with E-state index in [2.05, 4.69) is 11.0 Å². The largest absolute Gasteiger partial charge is 0.495 e. The van der Waals surface area contributed by atoms with Crippen LogP contribution in [0.15, 0.2) is 18.2 Å². The van der Waals surface area contributed by atoms with Gasteiger partial charge in [0.2, 0.25) is 0 Å². The van der Waals surface area contributed by atoms with Gasteiger partial charge in [-0.05, 0) is 25.1 Å². The topological polar surface area (TPSA) is 40.2 Å². The molecule has 5 heteroatoms. The van der Waals surface area contributed by atoms with Gasteiger partial charge in [-0.25, -0.2) is 0 Å². The number of ether oxygens (including phenoxy) is 4. The lowest BCUT2D eigenvalue weighted by Gasteiger charge is -2.32. The van der Waals surface area contributed by atoms with Crippen molar-refractivity contribution in [1.29, 1.82) is 0 Å². The highest BCUT2D eigenvalue weighted by Gasteiger charge is 2.27. The smallest absolute Gasteiger partial charge is 0.191 e. The number of nitrogens with zero attached hydrogens (tertiary/aromatic N) is 1. The van der Waals surface area contributed by atoms with Crippen LogP contribution in [0.5, 0.6) is 5.75 Å². The van der Waals surface area contributed by atoms with Crippen molar-refractivity contribution in [2.75, 3.05) is 52.5 Å². The van der Waals surface area contributed by atoms with Gasteiger partial charge in [0.1, 0.15) is 5.75 Å². The van der Waals surface area contributed by atoms with Crippen molar-refractivity contribution in [2.24, 2.45) is 0 Å². The number of hydrogen-bond donors (Lipinski definition) is 0. The minimum Gasteiger partial charge on any atom is -0.495 e. The molecule has 0 N–H and O–H groups in total. The van der Waals surface area contributed by atoms with Gasteiger partial charge >= 0.3 is 0 Å². The Balaban J connectivity index is 0.00000116. The number of rotatable bonds is 5. The van der Waals surface area contributed by atoms with Crippen molar-refractivity contribution in [3.63, 3.8) is 0 Å². The van der Waals surface area contributed by atoms with E-state index >= 15 is 0 Å². The Labute approximate surface area is 134 Å². The first-order valence-electron chi connectivity index (χ1n) is 7.76. The minimum absolute atomic E-state index is 0.735. The first kappa shape index (κ1) is 18.7.